The van der Waals surface area contributed by atoms with Crippen LogP contribution in [0, 0.1) is 11.8 Å². The molecule has 0 amide bonds. The summed E-state index contributed by atoms with van der Waals surface area (Å²) >= 11 is 1.20. The van der Waals surface area contributed by atoms with Crippen molar-refractivity contribution >= 4 is 45.2 Å². The van der Waals surface area contributed by atoms with Crippen molar-refractivity contribution in [3.63, 3.8) is 0 Å². The first-order chi connectivity index (χ1) is 20.5. The molecule has 0 bridgehead atoms. The predicted molar refractivity (Wildman–Crippen MR) is 169 cm³/mol. The van der Waals surface area contributed by atoms with Gasteiger partial charge < -0.3 is 29.7 Å². The molecule has 3 aromatic rings. The zero-order valence-electron chi connectivity index (χ0n) is 24.6. The number of halogens is 4. The van der Waals surface area contributed by atoms with Crippen LogP contribution in [0.25, 0.3) is 10.1 Å². The molecule has 2 saturated heterocycles. The molecule has 2 aliphatic heterocycles. The molecule has 0 spiro atoms. The number of alkyl halides is 4. The lowest BCUT2D eigenvalue weighted by molar-refractivity contribution is -0.126. The molecule has 0 saturated carbocycles. The number of rotatable bonds is 7. The second-order valence-electron chi connectivity index (χ2n) is 11.4. The molecule has 1 aromatic heterocycles. The van der Waals surface area contributed by atoms with Gasteiger partial charge in [-0.3, -0.25) is 0 Å². The van der Waals surface area contributed by atoms with Gasteiger partial charge in [-0.05, 0) is 55.7 Å². The van der Waals surface area contributed by atoms with Gasteiger partial charge in [-0.25, -0.2) is 4.39 Å². The van der Waals surface area contributed by atoms with Crippen LogP contribution in [0.3, 0.4) is 0 Å². The van der Waals surface area contributed by atoms with Crippen LogP contribution in [-0.2, 0) is 11.0 Å². The number of hydrogen-bond donors (Lipinski definition) is 2. The number of fused-ring (bicyclic) bond motifs is 1. The molecule has 2 aromatic carbocycles. The first kappa shape index (κ1) is 31.6. The molecule has 6 nitrogen and oxygen atoms in total. The number of methoxy groups -OCH3 is 1. The summed E-state index contributed by atoms with van der Waals surface area (Å²) in [5.41, 5.74) is 1.43. The van der Waals surface area contributed by atoms with Crippen LogP contribution >= 0.6 is 18.5 Å². The third-order valence-corrected chi connectivity index (χ3v) is 12.5. The van der Waals surface area contributed by atoms with Gasteiger partial charge >= 0.3 is 6.18 Å². The number of hydrogen-bond acceptors (Lipinski definition) is 7. The number of piperidine rings is 1. The Morgan fingerprint density at radius 3 is 2.56 bits per heavy atom. The minimum absolute atomic E-state index is 0.133. The molecule has 5 rings (SSSR count). The Kier molecular flexibility index (Phi) is 9.62. The summed E-state index contributed by atoms with van der Waals surface area (Å²) in [5.74, 6) is 6.48. The van der Waals surface area contributed by atoms with E-state index in [0.29, 0.717) is 57.4 Å². The second-order valence-corrected chi connectivity index (χ2v) is 15.6. The average Bonchev–Trinajstić information content (AvgIpc) is 3.30. The van der Waals surface area contributed by atoms with Crippen molar-refractivity contribution < 1.29 is 26.9 Å². The Balaban J connectivity index is 1.36. The minimum atomic E-state index is -4.41. The minimum Gasteiger partial charge on any atom is -0.495 e. The summed E-state index contributed by atoms with van der Waals surface area (Å²) in [6.07, 6.45) is -4.72. The second kappa shape index (κ2) is 13.1. The lowest BCUT2D eigenvalue weighted by atomic mass is 10.0. The van der Waals surface area contributed by atoms with E-state index in [4.69, 9.17) is 4.74 Å². The lowest BCUT2D eigenvalue weighted by Gasteiger charge is -2.33. The van der Waals surface area contributed by atoms with Crippen molar-refractivity contribution in [1.29, 1.82) is 0 Å². The number of likely N-dealkylation sites (tertiary alicyclic amines) is 1. The van der Waals surface area contributed by atoms with E-state index in [0.717, 1.165) is 24.9 Å². The average molecular weight is 637 g/mol. The van der Waals surface area contributed by atoms with E-state index < -0.39 is 32.0 Å². The zero-order valence-corrected chi connectivity index (χ0v) is 26.3. The quantitative estimate of drug-likeness (QED) is 0.193. The maximum absolute atomic E-state index is 14.7. The SMILES string of the molecule is COc1cc(P2(=O)CCN(C)CC2)ccc1NCC#Cc1sc2c(N[C@H]3CCN(C)C[C@H]3F)cccc2c1CC(F)(F)F. The van der Waals surface area contributed by atoms with E-state index in [1.807, 2.05) is 37.2 Å². The van der Waals surface area contributed by atoms with E-state index >= 15 is 0 Å². The predicted octanol–water partition coefficient (Wildman–Crippen LogP) is 5.87. The summed E-state index contributed by atoms with van der Waals surface area (Å²) in [4.78, 5) is 4.44. The van der Waals surface area contributed by atoms with E-state index in [2.05, 4.69) is 27.4 Å². The molecule has 0 unspecified atom stereocenters. The molecule has 232 valence electrons. The summed E-state index contributed by atoms with van der Waals surface area (Å²) in [7, 11) is 2.95. The summed E-state index contributed by atoms with van der Waals surface area (Å²) in [6.45, 7) is 2.80. The van der Waals surface area contributed by atoms with Crippen LogP contribution in [-0.4, -0.2) is 94.4 Å². The monoisotopic (exact) mass is 636 g/mol. The van der Waals surface area contributed by atoms with Crippen molar-refractivity contribution in [3.05, 3.63) is 46.8 Å². The Morgan fingerprint density at radius 2 is 1.86 bits per heavy atom. The van der Waals surface area contributed by atoms with Gasteiger partial charge in [0.25, 0.3) is 0 Å². The summed E-state index contributed by atoms with van der Waals surface area (Å²) in [5, 5.41) is 7.72. The van der Waals surface area contributed by atoms with Gasteiger partial charge in [0.2, 0.25) is 0 Å². The highest BCUT2D eigenvalue weighted by molar-refractivity contribution is 7.71. The van der Waals surface area contributed by atoms with Gasteiger partial charge in [0.15, 0.2) is 0 Å². The Hall–Kier alpha value is -2.77. The molecule has 3 heterocycles. The van der Waals surface area contributed by atoms with Crippen LogP contribution < -0.4 is 20.7 Å². The Morgan fingerprint density at radius 1 is 1.09 bits per heavy atom. The molecule has 0 radical (unpaired) electrons. The number of nitrogens with one attached hydrogen (secondary N) is 2. The zero-order chi connectivity index (χ0) is 30.8. The van der Waals surface area contributed by atoms with Crippen molar-refractivity contribution in [2.45, 2.75) is 31.2 Å². The third kappa shape index (κ3) is 7.49. The molecule has 0 aliphatic carbocycles. The highest BCUT2D eigenvalue weighted by Crippen LogP contribution is 2.47. The highest BCUT2D eigenvalue weighted by Gasteiger charge is 2.33. The topological polar surface area (TPSA) is 56.8 Å². The number of nitrogens with zero attached hydrogens (tertiary/aromatic N) is 2. The smallest absolute Gasteiger partial charge is 0.393 e. The fourth-order valence-electron chi connectivity index (χ4n) is 5.67. The number of ether oxygens (including phenoxy) is 1. The first-order valence-electron chi connectivity index (χ1n) is 14.3. The molecule has 43 heavy (non-hydrogen) atoms. The van der Waals surface area contributed by atoms with Gasteiger partial charge in [0.05, 0.1) is 47.1 Å². The Bertz CT molecular complexity index is 1550. The van der Waals surface area contributed by atoms with Crippen LogP contribution in [0.1, 0.15) is 16.9 Å². The first-order valence-corrected chi connectivity index (χ1v) is 17.2. The number of benzene rings is 2. The Labute approximate surface area is 254 Å². The molecular weight excluding hydrogens is 599 g/mol. The van der Waals surface area contributed by atoms with E-state index in [-0.39, 0.29) is 12.1 Å². The van der Waals surface area contributed by atoms with E-state index in [9.17, 15) is 22.1 Å². The van der Waals surface area contributed by atoms with Gasteiger partial charge in [0.1, 0.15) is 19.1 Å². The van der Waals surface area contributed by atoms with Crippen LogP contribution in [0.15, 0.2) is 36.4 Å². The number of thiophene rings is 1. The van der Waals surface area contributed by atoms with Gasteiger partial charge in [0, 0.05) is 43.8 Å². The number of anilines is 2. The normalized spacial score (nSPS) is 21.3. The van der Waals surface area contributed by atoms with Crippen molar-refractivity contribution in [2.24, 2.45) is 0 Å². The van der Waals surface area contributed by atoms with E-state index in [1.165, 1.54) is 11.3 Å². The summed E-state index contributed by atoms with van der Waals surface area (Å²) < 4.78 is 75.4. The largest absolute Gasteiger partial charge is 0.495 e. The molecule has 2 atom stereocenters. The molecule has 2 N–H and O–H groups in total. The summed E-state index contributed by atoms with van der Waals surface area (Å²) in [6, 6.07) is 10.2. The fourth-order valence-corrected chi connectivity index (χ4v) is 9.61. The van der Waals surface area contributed by atoms with Crippen LogP contribution in [0.2, 0.25) is 0 Å². The van der Waals surface area contributed by atoms with Crippen LogP contribution in [0.5, 0.6) is 5.75 Å². The molecule has 12 heteroatoms. The molecular formula is C31H37F4N4O2PS. The van der Waals surface area contributed by atoms with Crippen molar-refractivity contribution in [3.8, 4) is 17.6 Å². The van der Waals surface area contributed by atoms with Gasteiger partial charge in [-0.2, -0.15) is 13.2 Å². The van der Waals surface area contributed by atoms with Crippen LogP contribution in [0.4, 0.5) is 28.9 Å². The van der Waals surface area contributed by atoms with Crippen molar-refractivity contribution in [1.82, 2.24) is 9.80 Å². The lowest BCUT2D eigenvalue weighted by Crippen LogP contribution is -2.46. The highest BCUT2D eigenvalue weighted by atomic mass is 32.1. The molecule has 2 aliphatic rings. The van der Waals surface area contributed by atoms with Gasteiger partial charge in [-0.1, -0.05) is 24.0 Å². The maximum Gasteiger partial charge on any atom is 0.393 e. The van der Waals surface area contributed by atoms with E-state index in [1.54, 1.807) is 25.3 Å². The fraction of sp³-hybridized carbons (Fsp3) is 0.484. The maximum atomic E-state index is 14.7. The standard InChI is InChI=1S/C31H37F4N4O2PS/c1-38-14-16-42(40,17-15-38)21-9-10-26(28(18-21)41-3)36-12-5-8-29-23(19-31(33,34)35)22-6-4-7-27(30(22)43-29)37-25-11-13-39(2)20-24(25)32/h4,6-7,9-10,18,24-25,36-37H,11-17,19-20H2,1-3H3/t24-,25+/m1/s1. The molecule has 2 fully saturated rings. The van der Waals surface area contributed by atoms with Gasteiger partial charge in [-0.15, -0.1) is 11.3 Å². The van der Waals surface area contributed by atoms with Crippen molar-refractivity contribution in [2.75, 3.05) is 76.9 Å². The third-order valence-electron chi connectivity index (χ3n) is 8.19.